The van der Waals surface area contributed by atoms with Gasteiger partial charge in [0.2, 0.25) is 0 Å². The lowest BCUT2D eigenvalue weighted by molar-refractivity contribution is -0.396. The molecule has 0 aliphatic rings. The van der Waals surface area contributed by atoms with Gasteiger partial charge < -0.3 is 4.89 Å². The molecule has 23 heteroatoms. The van der Waals surface area contributed by atoms with Gasteiger partial charge in [-0.25, -0.2) is 4.57 Å². The van der Waals surface area contributed by atoms with Gasteiger partial charge in [-0.15, -0.1) is 0 Å². The fourth-order valence-corrected chi connectivity index (χ4v) is 3.22. The quantitative estimate of drug-likeness (QED) is 0.104. The van der Waals surface area contributed by atoms with E-state index in [1.165, 1.54) is 0 Å². The zero-order valence-electron chi connectivity index (χ0n) is 18.6. The highest BCUT2D eigenvalue weighted by Gasteiger charge is 2.82. The Bertz CT molecular complexity index is 774. The van der Waals surface area contributed by atoms with Gasteiger partial charge in [-0.1, -0.05) is 0 Å². The lowest BCUT2D eigenvalue weighted by Crippen LogP contribution is -2.60. The molecule has 0 spiro atoms. The number of rotatable bonds is 16. The van der Waals surface area contributed by atoms with Gasteiger partial charge in [0.05, 0.1) is 13.2 Å². The smallest absolute Gasteiger partial charge is 0.302 e. The van der Waals surface area contributed by atoms with E-state index in [4.69, 9.17) is 0 Å². The second-order valence-electron chi connectivity index (χ2n) is 7.75. The first-order valence-corrected chi connectivity index (χ1v) is 11.4. The summed E-state index contributed by atoms with van der Waals surface area (Å²) in [6.45, 7) is -2.30. The summed E-state index contributed by atoms with van der Waals surface area (Å²) in [5.74, 6) is -39.8. The SMILES string of the molecule is O=P(O)(OCCCCC(F)(F)C(F)(F)C(F)(F)C(F)(F)F)OCCCCC(F)(F)C(F)(F)C(F)(F)C(F)(F)F. The first-order chi connectivity index (χ1) is 16.9. The number of phosphoric ester groups is 1. The summed E-state index contributed by atoms with van der Waals surface area (Å²) in [5, 5.41) is 0. The monoisotopic (exact) mass is 646 g/mol. The predicted octanol–water partition coefficient (Wildman–Crippen LogP) is 8.40. The summed E-state index contributed by atoms with van der Waals surface area (Å²) in [6, 6.07) is 0. The van der Waals surface area contributed by atoms with Crippen molar-refractivity contribution in [3.05, 3.63) is 0 Å². The Balaban J connectivity index is 4.66. The van der Waals surface area contributed by atoms with Gasteiger partial charge in [-0.3, -0.25) is 9.05 Å². The minimum absolute atomic E-state index is 0.939. The summed E-state index contributed by atoms with van der Waals surface area (Å²) in [6.07, 6.45) is -23.1. The van der Waals surface area contributed by atoms with Crippen molar-refractivity contribution < 1.29 is 97.5 Å². The third-order valence-electron chi connectivity index (χ3n) is 4.70. The van der Waals surface area contributed by atoms with Gasteiger partial charge in [0.15, 0.2) is 0 Å². The van der Waals surface area contributed by atoms with E-state index in [2.05, 4.69) is 9.05 Å². The number of unbranched alkanes of at least 4 members (excludes halogenated alkanes) is 2. The molecule has 0 heterocycles. The highest BCUT2D eigenvalue weighted by Crippen LogP contribution is 2.55. The topological polar surface area (TPSA) is 55.8 Å². The molecule has 39 heavy (non-hydrogen) atoms. The Morgan fingerprint density at radius 2 is 0.718 bits per heavy atom. The van der Waals surface area contributed by atoms with Crippen molar-refractivity contribution in [2.24, 2.45) is 0 Å². The Morgan fingerprint density at radius 1 is 0.462 bits per heavy atom. The molecule has 0 aliphatic carbocycles. The Kier molecular flexibility index (Phi) is 11.6. The molecule has 1 N–H and O–H groups in total. The van der Waals surface area contributed by atoms with E-state index in [-0.39, 0.29) is 0 Å². The molecule has 0 amide bonds. The maximum Gasteiger partial charge on any atom is 0.472 e. The van der Waals surface area contributed by atoms with Crippen molar-refractivity contribution in [3.63, 3.8) is 0 Å². The highest BCUT2D eigenvalue weighted by molar-refractivity contribution is 7.47. The standard InChI is InChI=1S/C16H17F18O4P/c17-9(18,11(21,22)13(25,26)15(29,30)31)5-1-3-7-37-39(35,36)38-8-4-2-6-10(19,20)12(23,24)14(27,28)16(32,33)34/h1-8H2,(H,35,36). The summed E-state index contributed by atoms with van der Waals surface area (Å²) in [4.78, 5) is 9.21. The molecule has 0 saturated carbocycles. The molecule has 0 aliphatic heterocycles. The molecule has 0 atom stereocenters. The normalized spacial score (nSPS) is 15.7. The van der Waals surface area contributed by atoms with Crippen LogP contribution in [0.25, 0.3) is 0 Å². The number of phosphoric acid groups is 1. The van der Waals surface area contributed by atoms with E-state index < -0.39 is 107 Å². The molecule has 0 radical (unpaired) electrons. The molecule has 0 rings (SSSR count). The summed E-state index contributed by atoms with van der Waals surface area (Å²) >= 11 is 0. The Morgan fingerprint density at radius 3 is 0.949 bits per heavy atom. The molecule has 236 valence electrons. The van der Waals surface area contributed by atoms with Gasteiger partial charge in [-0.2, -0.15) is 79.0 Å². The van der Waals surface area contributed by atoms with E-state index in [0.717, 1.165) is 0 Å². The third-order valence-corrected chi connectivity index (χ3v) is 5.72. The molecule has 0 unspecified atom stereocenters. The van der Waals surface area contributed by atoms with Crippen LogP contribution in [-0.2, 0) is 13.6 Å². The van der Waals surface area contributed by atoms with Crippen molar-refractivity contribution in [2.45, 2.75) is 86.4 Å². The predicted molar refractivity (Wildman–Crippen MR) is 91.2 cm³/mol. The van der Waals surface area contributed by atoms with Crippen molar-refractivity contribution >= 4 is 7.82 Å². The maximum absolute atomic E-state index is 13.3. The van der Waals surface area contributed by atoms with Crippen LogP contribution in [0.1, 0.15) is 38.5 Å². The molecule has 4 nitrogen and oxygen atoms in total. The average Bonchev–Trinajstić information content (AvgIpc) is 2.70. The van der Waals surface area contributed by atoms with Gasteiger partial charge >= 0.3 is 55.7 Å². The summed E-state index contributed by atoms with van der Waals surface area (Å²) in [5.41, 5.74) is 0. The number of hydrogen-bond donors (Lipinski definition) is 1. The minimum Gasteiger partial charge on any atom is -0.302 e. The first-order valence-electron chi connectivity index (χ1n) is 9.93. The largest absolute Gasteiger partial charge is 0.472 e. The van der Waals surface area contributed by atoms with E-state index in [1.807, 2.05) is 0 Å². The molecule has 0 aromatic heterocycles. The lowest BCUT2D eigenvalue weighted by atomic mass is 9.99. The van der Waals surface area contributed by atoms with Gasteiger partial charge in [-0.05, 0) is 25.7 Å². The molecule has 0 saturated heterocycles. The Hall–Kier alpha value is -1.15. The van der Waals surface area contributed by atoms with Crippen LogP contribution in [0, 0.1) is 0 Å². The summed E-state index contributed by atoms with van der Waals surface area (Å²) < 4.78 is 248. The first kappa shape index (κ1) is 37.9. The van der Waals surface area contributed by atoms with E-state index >= 15 is 0 Å². The van der Waals surface area contributed by atoms with E-state index in [9.17, 15) is 88.5 Å². The van der Waals surface area contributed by atoms with Crippen LogP contribution in [0.5, 0.6) is 0 Å². The zero-order chi connectivity index (χ0) is 31.6. The van der Waals surface area contributed by atoms with Crippen LogP contribution >= 0.6 is 7.82 Å². The molecule has 0 fully saturated rings. The number of alkyl halides is 18. The molecular weight excluding hydrogens is 629 g/mol. The van der Waals surface area contributed by atoms with Crippen molar-refractivity contribution in [2.75, 3.05) is 13.2 Å². The number of hydrogen-bond acceptors (Lipinski definition) is 3. The van der Waals surface area contributed by atoms with Crippen molar-refractivity contribution in [1.29, 1.82) is 0 Å². The van der Waals surface area contributed by atoms with Crippen LogP contribution in [-0.4, -0.2) is 66.0 Å². The van der Waals surface area contributed by atoms with Crippen LogP contribution in [0.3, 0.4) is 0 Å². The average molecular weight is 646 g/mol. The van der Waals surface area contributed by atoms with Crippen LogP contribution in [0.4, 0.5) is 79.0 Å². The summed E-state index contributed by atoms with van der Waals surface area (Å²) in [7, 11) is -5.23. The van der Waals surface area contributed by atoms with Crippen molar-refractivity contribution in [3.8, 4) is 0 Å². The second kappa shape index (κ2) is 12.0. The van der Waals surface area contributed by atoms with Gasteiger partial charge in [0, 0.05) is 12.8 Å². The van der Waals surface area contributed by atoms with E-state index in [1.54, 1.807) is 0 Å². The van der Waals surface area contributed by atoms with E-state index in [0.29, 0.717) is 0 Å². The van der Waals surface area contributed by atoms with Crippen molar-refractivity contribution in [1.82, 2.24) is 0 Å². The minimum atomic E-state index is -7.12. The number of halogens is 18. The second-order valence-corrected chi connectivity index (χ2v) is 9.20. The van der Waals surface area contributed by atoms with Gasteiger partial charge in [0.1, 0.15) is 0 Å². The third kappa shape index (κ3) is 8.43. The molecular formula is C16H17F18O4P. The van der Waals surface area contributed by atoms with Crippen LogP contribution in [0.15, 0.2) is 0 Å². The fraction of sp³-hybridized carbons (Fsp3) is 1.00. The van der Waals surface area contributed by atoms with Crippen LogP contribution < -0.4 is 0 Å². The van der Waals surface area contributed by atoms with Gasteiger partial charge in [0.25, 0.3) is 0 Å². The molecule has 0 bridgehead atoms. The molecule has 0 aromatic carbocycles. The fourth-order valence-electron chi connectivity index (χ4n) is 2.42. The maximum atomic E-state index is 13.3. The van der Waals surface area contributed by atoms with Crippen LogP contribution in [0.2, 0.25) is 0 Å². The lowest BCUT2D eigenvalue weighted by Gasteiger charge is -2.33. The Labute approximate surface area is 206 Å². The highest BCUT2D eigenvalue weighted by atomic mass is 31.2. The molecule has 0 aromatic rings. The zero-order valence-corrected chi connectivity index (χ0v) is 19.5.